The molecule has 1 aliphatic rings. The number of carbonyl (C=O) groups is 2. The number of terminal acetylenes is 1. The molecule has 184 valence electrons. The molecule has 2 aromatic heterocycles. The van der Waals surface area contributed by atoms with Gasteiger partial charge in [-0.1, -0.05) is 31.6 Å². The highest BCUT2D eigenvalue weighted by Gasteiger charge is 2.49. The van der Waals surface area contributed by atoms with Crippen molar-refractivity contribution in [2.75, 3.05) is 12.3 Å². The molecule has 11 nitrogen and oxygen atoms in total. The monoisotopic (exact) mass is 477 g/mol. The summed E-state index contributed by atoms with van der Waals surface area (Å²) in [6.07, 6.45) is 9.12. The Morgan fingerprint density at radius 1 is 1.26 bits per heavy atom. The molecule has 0 aliphatic carbocycles. The lowest BCUT2D eigenvalue weighted by molar-refractivity contribution is -0.156. The van der Waals surface area contributed by atoms with Gasteiger partial charge in [-0.25, -0.2) is 4.98 Å². The Labute approximate surface area is 195 Å². The summed E-state index contributed by atoms with van der Waals surface area (Å²) in [4.78, 5) is 33.8. The summed E-state index contributed by atoms with van der Waals surface area (Å²) in [5.41, 5.74) is 4.39. The zero-order valence-electron chi connectivity index (χ0n) is 18.7. The van der Waals surface area contributed by atoms with E-state index < -0.39 is 35.9 Å². The zero-order valence-corrected chi connectivity index (χ0v) is 18.7. The fourth-order valence-electron chi connectivity index (χ4n) is 3.86. The number of esters is 1. The number of nitrogens with two attached hydrogens (primary N) is 1. The topological polar surface area (TPSA) is 163 Å². The summed E-state index contributed by atoms with van der Waals surface area (Å²) in [7, 11) is 0. The van der Waals surface area contributed by atoms with Crippen molar-refractivity contribution >= 4 is 28.9 Å². The molecular formula is C22H28FN5O6. The fraction of sp³-hybridized carbons (Fsp3) is 0.591. The number of unbranched alkanes of at least 4 members (excludes halogenated alkanes) is 5. The van der Waals surface area contributed by atoms with E-state index >= 15 is 0 Å². The SMILES string of the molecule is C#C[C@]1(COC(=O)CCCCCCCCC(=O)O)O[C@@H](n2cnc3c(N)nc(F)nc32)C[C@@H]1O. The van der Waals surface area contributed by atoms with Gasteiger partial charge in [0, 0.05) is 19.3 Å². The molecule has 0 amide bonds. The Balaban J connectivity index is 1.48. The van der Waals surface area contributed by atoms with E-state index in [0.717, 1.165) is 25.7 Å². The second-order valence-electron chi connectivity index (χ2n) is 8.24. The molecule has 12 heteroatoms. The van der Waals surface area contributed by atoms with Crippen LogP contribution < -0.4 is 5.73 Å². The van der Waals surface area contributed by atoms with E-state index in [0.29, 0.717) is 12.8 Å². The summed E-state index contributed by atoms with van der Waals surface area (Å²) >= 11 is 0. The number of aliphatic hydroxyl groups is 1. The number of carboxylic acids is 1. The fourth-order valence-corrected chi connectivity index (χ4v) is 3.86. The third-order valence-corrected chi connectivity index (χ3v) is 5.75. The summed E-state index contributed by atoms with van der Waals surface area (Å²) in [6.45, 7) is -0.340. The predicted octanol–water partition coefficient (Wildman–Crippen LogP) is 1.95. The second-order valence-corrected chi connectivity index (χ2v) is 8.24. The van der Waals surface area contributed by atoms with Crippen molar-refractivity contribution in [3.8, 4) is 12.3 Å². The maximum atomic E-state index is 13.6. The van der Waals surface area contributed by atoms with Gasteiger partial charge in [-0.15, -0.1) is 6.42 Å². The third-order valence-electron chi connectivity index (χ3n) is 5.75. The first kappa shape index (κ1) is 25.3. The summed E-state index contributed by atoms with van der Waals surface area (Å²) in [6, 6.07) is 0. The molecule has 0 saturated carbocycles. The lowest BCUT2D eigenvalue weighted by Gasteiger charge is -2.26. The average molecular weight is 477 g/mol. The number of anilines is 1. The standard InChI is InChI=1S/C22H28FN5O6/c1-2-22(12-33-17(32)10-8-6-4-3-5-7-9-16(30)31)14(29)11-15(34-22)28-13-25-18-19(24)26-21(23)27-20(18)28/h1,13-15,29H,3-12H2,(H,30,31)(H2,24,26,27)/t14-,15+,22+/m0/s1. The molecule has 1 aliphatic heterocycles. The van der Waals surface area contributed by atoms with Gasteiger partial charge >= 0.3 is 18.0 Å². The molecule has 3 atom stereocenters. The van der Waals surface area contributed by atoms with Gasteiger partial charge in [0.05, 0.1) is 6.33 Å². The number of rotatable bonds is 12. The molecule has 1 fully saturated rings. The van der Waals surface area contributed by atoms with Crippen LogP contribution in [0.3, 0.4) is 0 Å². The Bertz CT molecular complexity index is 1070. The van der Waals surface area contributed by atoms with Crippen molar-refractivity contribution < 1.29 is 33.7 Å². The van der Waals surface area contributed by atoms with Gasteiger partial charge in [0.25, 0.3) is 0 Å². The maximum absolute atomic E-state index is 13.6. The number of carbonyl (C=O) groups excluding carboxylic acids is 1. The predicted molar refractivity (Wildman–Crippen MR) is 118 cm³/mol. The van der Waals surface area contributed by atoms with E-state index in [1.165, 1.54) is 10.9 Å². The van der Waals surface area contributed by atoms with Crippen LogP contribution >= 0.6 is 0 Å². The summed E-state index contributed by atoms with van der Waals surface area (Å²) in [5, 5.41) is 19.2. The molecule has 0 unspecified atom stereocenters. The van der Waals surface area contributed by atoms with Crippen molar-refractivity contribution in [1.82, 2.24) is 19.5 Å². The van der Waals surface area contributed by atoms with Crippen LogP contribution in [-0.4, -0.2) is 60.0 Å². The molecule has 3 heterocycles. The van der Waals surface area contributed by atoms with Crippen LogP contribution in [0.2, 0.25) is 0 Å². The Hall–Kier alpha value is -3.30. The first-order chi connectivity index (χ1) is 16.3. The number of fused-ring (bicyclic) bond motifs is 1. The minimum absolute atomic E-state index is 0.0423. The van der Waals surface area contributed by atoms with Crippen LogP contribution in [0.25, 0.3) is 11.2 Å². The van der Waals surface area contributed by atoms with E-state index in [1.807, 2.05) is 0 Å². The molecule has 1 saturated heterocycles. The van der Waals surface area contributed by atoms with Gasteiger partial charge < -0.3 is 25.4 Å². The van der Waals surface area contributed by atoms with Crippen LogP contribution in [0.5, 0.6) is 0 Å². The van der Waals surface area contributed by atoms with Crippen LogP contribution in [0.15, 0.2) is 6.33 Å². The lowest BCUT2D eigenvalue weighted by Crippen LogP contribution is -2.43. The summed E-state index contributed by atoms with van der Waals surface area (Å²) < 4.78 is 26.2. The van der Waals surface area contributed by atoms with Crippen LogP contribution in [0.1, 0.15) is 64.0 Å². The number of ether oxygens (including phenoxy) is 2. The van der Waals surface area contributed by atoms with Crippen LogP contribution in [0.4, 0.5) is 10.2 Å². The molecule has 0 aromatic carbocycles. The smallest absolute Gasteiger partial charge is 0.312 e. The van der Waals surface area contributed by atoms with Gasteiger partial charge in [0.2, 0.25) is 0 Å². The molecule has 0 radical (unpaired) electrons. The number of hydrogen-bond acceptors (Lipinski definition) is 9. The van der Waals surface area contributed by atoms with E-state index in [4.69, 9.17) is 26.7 Å². The zero-order chi connectivity index (χ0) is 24.7. The van der Waals surface area contributed by atoms with Gasteiger partial charge in [0.1, 0.15) is 18.9 Å². The van der Waals surface area contributed by atoms with Gasteiger partial charge in [-0.05, 0) is 12.8 Å². The maximum Gasteiger partial charge on any atom is 0.312 e. The first-order valence-corrected chi connectivity index (χ1v) is 11.1. The highest BCUT2D eigenvalue weighted by atomic mass is 19.1. The molecule has 2 aromatic rings. The van der Waals surface area contributed by atoms with E-state index in [9.17, 15) is 19.1 Å². The molecule has 4 N–H and O–H groups in total. The summed E-state index contributed by atoms with van der Waals surface area (Å²) in [5.74, 6) is 1.01. The van der Waals surface area contributed by atoms with Crippen LogP contribution in [-0.2, 0) is 19.1 Å². The number of halogens is 1. The Morgan fingerprint density at radius 3 is 2.62 bits per heavy atom. The molecule has 0 bridgehead atoms. The Kier molecular flexibility index (Phi) is 8.36. The highest BCUT2D eigenvalue weighted by molar-refractivity contribution is 5.81. The number of aliphatic hydroxyl groups excluding tert-OH is 1. The van der Waals surface area contributed by atoms with E-state index in [-0.39, 0.29) is 42.9 Å². The normalized spacial score (nSPS) is 22.0. The first-order valence-electron chi connectivity index (χ1n) is 11.1. The number of aliphatic carboxylic acids is 1. The number of nitrogen functional groups attached to an aromatic ring is 1. The van der Waals surface area contributed by atoms with E-state index in [1.54, 1.807) is 0 Å². The molecular weight excluding hydrogens is 449 g/mol. The van der Waals surface area contributed by atoms with E-state index in [2.05, 4.69) is 20.9 Å². The number of nitrogens with zero attached hydrogens (tertiary/aromatic N) is 4. The van der Waals surface area contributed by atoms with Crippen molar-refractivity contribution in [2.24, 2.45) is 0 Å². The number of carboxylic acid groups (broad SMARTS) is 1. The van der Waals surface area contributed by atoms with Gasteiger partial charge in [0.15, 0.2) is 22.6 Å². The Morgan fingerprint density at radius 2 is 1.94 bits per heavy atom. The third kappa shape index (κ3) is 5.98. The molecule has 0 spiro atoms. The lowest BCUT2D eigenvalue weighted by atomic mass is 9.99. The number of hydrogen-bond donors (Lipinski definition) is 3. The second kappa shape index (κ2) is 11.2. The van der Waals surface area contributed by atoms with Crippen molar-refractivity contribution in [2.45, 2.75) is 75.7 Å². The van der Waals surface area contributed by atoms with Gasteiger partial charge in [-0.2, -0.15) is 14.4 Å². The van der Waals surface area contributed by atoms with Crippen molar-refractivity contribution in [3.63, 3.8) is 0 Å². The van der Waals surface area contributed by atoms with Crippen molar-refractivity contribution in [1.29, 1.82) is 0 Å². The minimum Gasteiger partial charge on any atom is -0.481 e. The number of aromatic nitrogens is 4. The number of imidazole rings is 1. The largest absolute Gasteiger partial charge is 0.481 e. The quantitative estimate of drug-likeness (QED) is 0.178. The molecule has 3 rings (SSSR count). The van der Waals surface area contributed by atoms with Crippen molar-refractivity contribution in [3.05, 3.63) is 12.4 Å². The van der Waals surface area contributed by atoms with Crippen LogP contribution in [0, 0.1) is 18.4 Å². The molecule has 34 heavy (non-hydrogen) atoms. The highest BCUT2D eigenvalue weighted by Crippen LogP contribution is 2.38. The minimum atomic E-state index is -1.57. The van der Waals surface area contributed by atoms with Gasteiger partial charge in [-0.3, -0.25) is 14.2 Å². The average Bonchev–Trinajstić information content (AvgIpc) is 3.35.